The van der Waals surface area contributed by atoms with Crippen molar-refractivity contribution in [1.82, 2.24) is 9.88 Å². The molecule has 0 fully saturated rings. The molecule has 3 nitrogen and oxygen atoms in total. The monoisotopic (exact) mass is 259 g/mol. The van der Waals surface area contributed by atoms with E-state index in [1.54, 1.807) is 0 Å². The molecule has 5 heteroatoms. The summed E-state index contributed by atoms with van der Waals surface area (Å²) < 4.78 is 13.6. The Morgan fingerprint density at radius 3 is 2.59 bits per heavy atom. The number of hydrogen-bond donors (Lipinski definition) is 1. The summed E-state index contributed by atoms with van der Waals surface area (Å²) in [6, 6.07) is 1.41. The van der Waals surface area contributed by atoms with Gasteiger partial charge in [0.15, 0.2) is 11.6 Å². The van der Waals surface area contributed by atoms with Crippen LogP contribution in [0.2, 0.25) is 5.02 Å². The van der Waals surface area contributed by atoms with Crippen LogP contribution in [0.5, 0.6) is 0 Å². The molecule has 0 bridgehead atoms. The van der Waals surface area contributed by atoms with Crippen LogP contribution in [-0.2, 0) is 0 Å². The van der Waals surface area contributed by atoms with Gasteiger partial charge in [-0.05, 0) is 26.1 Å². The van der Waals surface area contributed by atoms with Crippen molar-refractivity contribution in [3.8, 4) is 0 Å². The summed E-state index contributed by atoms with van der Waals surface area (Å²) in [6.07, 6.45) is 1.44. The van der Waals surface area contributed by atoms with Gasteiger partial charge in [-0.15, -0.1) is 0 Å². The van der Waals surface area contributed by atoms with Crippen LogP contribution in [0.4, 0.5) is 10.2 Å². The van der Waals surface area contributed by atoms with Crippen molar-refractivity contribution in [3.63, 3.8) is 0 Å². The summed E-state index contributed by atoms with van der Waals surface area (Å²) in [6.45, 7) is 5.01. The van der Waals surface area contributed by atoms with Crippen molar-refractivity contribution in [2.24, 2.45) is 5.92 Å². The number of likely N-dealkylation sites (N-methyl/N-ethyl adjacent to an activating group) is 1. The lowest BCUT2D eigenvalue weighted by Crippen LogP contribution is -2.36. The van der Waals surface area contributed by atoms with E-state index in [-0.39, 0.29) is 11.9 Å². The fourth-order valence-electron chi connectivity index (χ4n) is 1.51. The molecular weight excluding hydrogens is 241 g/mol. The van der Waals surface area contributed by atoms with Crippen molar-refractivity contribution in [3.05, 3.63) is 23.1 Å². The van der Waals surface area contributed by atoms with Gasteiger partial charge in [0, 0.05) is 18.8 Å². The zero-order valence-electron chi connectivity index (χ0n) is 10.7. The first-order valence-electron chi connectivity index (χ1n) is 5.62. The lowest BCUT2D eigenvalue weighted by Gasteiger charge is -2.26. The van der Waals surface area contributed by atoms with Gasteiger partial charge in [0.2, 0.25) is 0 Å². The van der Waals surface area contributed by atoms with Crippen LogP contribution in [0.25, 0.3) is 0 Å². The molecule has 1 aromatic rings. The molecule has 0 amide bonds. The van der Waals surface area contributed by atoms with Crippen molar-refractivity contribution in [2.45, 2.75) is 19.9 Å². The minimum atomic E-state index is -0.415. The van der Waals surface area contributed by atoms with E-state index in [2.05, 4.69) is 29.0 Å². The molecular formula is C12H19ClFN3. The summed E-state index contributed by atoms with van der Waals surface area (Å²) >= 11 is 5.66. The van der Waals surface area contributed by atoms with E-state index in [1.807, 2.05) is 14.1 Å². The van der Waals surface area contributed by atoms with Crippen molar-refractivity contribution < 1.29 is 4.39 Å². The van der Waals surface area contributed by atoms with Crippen molar-refractivity contribution in [1.29, 1.82) is 0 Å². The van der Waals surface area contributed by atoms with E-state index in [9.17, 15) is 4.39 Å². The van der Waals surface area contributed by atoms with E-state index in [0.29, 0.717) is 10.9 Å². The second kappa shape index (κ2) is 6.17. The smallest absolute Gasteiger partial charge is 0.166 e. The highest BCUT2D eigenvalue weighted by Crippen LogP contribution is 2.18. The Morgan fingerprint density at radius 2 is 2.12 bits per heavy atom. The molecule has 1 atom stereocenters. The average molecular weight is 260 g/mol. The molecule has 0 saturated carbocycles. The predicted molar refractivity (Wildman–Crippen MR) is 70.0 cm³/mol. The fourth-order valence-corrected chi connectivity index (χ4v) is 1.66. The summed E-state index contributed by atoms with van der Waals surface area (Å²) in [4.78, 5) is 6.03. The largest absolute Gasteiger partial charge is 0.363 e. The molecule has 0 saturated heterocycles. The molecule has 1 N–H and O–H groups in total. The zero-order valence-corrected chi connectivity index (χ0v) is 11.4. The molecule has 1 rings (SSSR count). The minimum absolute atomic E-state index is 0.146. The highest BCUT2D eigenvalue weighted by molar-refractivity contribution is 6.30. The van der Waals surface area contributed by atoms with Gasteiger partial charge in [0.25, 0.3) is 0 Å². The number of pyridine rings is 1. The number of nitrogens with one attached hydrogen (secondary N) is 1. The van der Waals surface area contributed by atoms with Gasteiger partial charge in [-0.25, -0.2) is 9.37 Å². The highest BCUT2D eigenvalue weighted by Gasteiger charge is 2.16. The number of rotatable bonds is 5. The summed E-state index contributed by atoms with van der Waals surface area (Å²) in [5.41, 5.74) is 0. The Bertz CT molecular complexity index is 369. The van der Waals surface area contributed by atoms with Crippen LogP contribution in [-0.4, -0.2) is 36.6 Å². The topological polar surface area (TPSA) is 28.2 Å². The average Bonchev–Trinajstić information content (AvgIpc) is 2.19. The predicted octanol–water partition coefficient (Wildman–Crippen LogP) is 2.87. The lowest BCUT2D eigenvalue weighted by atomic mass is 10.0. The molecule has 0 aliphatic rings. The molecule has 96 valence electrons. The summed E-state index contributed by atoms with van der Waals surface area (Å²) in [5, 5.41) is 3.43. The van der Waals surface area contributed by atoms with Crippen LogP contribution in [0.3, 0.4) is 0 Å². The molecule has 1 unspecified atom stereocenters. The van der Waals surface area contributed by atoms with Crippen molar-refractivity contribution in [2.75, 3.05) is 26.0 Å². The Hall–Kier alpha value is -0.870. The quantitative estimate of drug-likeness (QED) is 0.881. The third kappa shape index (κ3) is 4.48. The molecule has 0 aromatic carbocycles. The molecule has 17 heavy (non-hydrogen) atoms. The van der Waals surface area contributed by atoms with Gasteiger partial charge >= 0.3 is 0 Å². The Morgan fingerprint density at radius 1 is 1.47 bits per heavy atom. The van der Waals surface area contributed by atoms with Crippen LogP contribution < -0.4 is 5.32 Å². The Labute approximate surface area is 107 Å². The zero-order chi connectivity index (χ0) is 13.0. The summed E-state index contributed by atoms with van der Waals surface area (Å²) in [5.74, 6) is 0.228. The number of nitrogens with zero attached hydrogens (tertiary/aromatic N) is 2. The SMILES string of the molecule is CC(C)C(CN(C)C)Nc1ncc(Cl)cc1F. The number of hydrogen-bond acceptors (Lipinski definition) is 3. The maximum Gasteiger partial charge on any atom is 0.166 e. The molecule has 0 radical (unpaired) electrons. The van der Waals surface area contributed by atoms with Gasteiger partial charge in [-0.1, -0.05) is 25.4 Å². The van der Waals surface area contributed by atoms with E-state index < -0.39 is 5.82 Å². The molecule has 0 aliphatic carbocycles. The van der Waals surface area contributed by atoms with Gasteiger partial charge in [-0.3, -0.25) is 0 Å². The van der Waals surface area contributed by atoms with Crippen LogP contribution >= 0.6 is 11.6 Å². The maximum atomic E-state index is 13.6. The summed E-state index contributed by atoms with van der Waals surface area (Å²) in [7, 11) is 3.98. The molecule has 0 aliphatic heterocycles. The van der Waals surface area contributed by atoms with Gasteiger partial charge < -0.3 is 10.2 Å². The van der Waals surface area contributed by atoms with E-state index in [0.717, 1.165) is 6.54 Å². The molecule has 0 spiro atoms. The molecule has 1 aromatic heterocycles. The van der Waals surface area contributed by atoms with E-state index in [4.69, 9.17) is 11.6 Å². The van der Waals surface area contributed by atoms with Crippen LogP contribution in [0.1, 0.15) is 13.8 Å². The van der Waals surface area contributed by atoms with E-state index in [1.165, 1.54) is 12.3 Å². The first kappa shape index (κ1) is 14.2. The maximum absolute atomic E-state index is 13.6. The van der Waals surface area contributed by atoms with E-state index >= 15 is 0 Å². The molecule has 1 heterocycles. The third-order valence-corrected chi connectivity index (χ3v) is 2.70. The number of halogens is 2. The normalized spacial score (nSPS) is 13.2. The second-order valence-corrected chi connectivity index (χ2v) is 5.18. The first-order chi connectivity index (χ1) is 7.90. The number of anilines is 1. The van der Waals surface area contributed by atoms with Gasteiger partial charge in [0.1, 0.15) is 0 Å². The fraction of sp³-hybridized carbons (Fsp3) is 0.583. The number of aromatic nitrogens is 1. The first-order valence-corrected chi connectivity index (χ1v) is 6.00. The third-order valence-electron chi connectivity index (χ3n) is 2.50. The second-order valence-electron chi connectivity index (χ2n) is 4.74. The van der Waals surface area contributed by atoms with Crippen LogP contribution in [0, 0.1) is 11.7 Å². The van der Waals surface area contributed by atoms with Gasteiger partial charge in [0.05, 0.1) is 5.02 Å². The Kier molecular flexibility index (Phi) is 5.15. The minimum Gasteiger partial charge on any atom is -0.363 e. The standard InChI is InChI=1S/C12H19ClFN3/c1-8(2)11(7-17(3)4)16-12-10(14)5-9(13)6-15-12/h5-6,8,11H,7H2,1-4H3,(H,15,16). The Balaban J connectivity index is 2.78. The van der Waals surface area contributed by atoms with Crippen molar-refractivity contribution >= 4 is 17.4 Å². The lowest BCUT2D eigenvalue weighted by molar-refractivity contribution is 0.343. The van der Waals surface area contributed by atoms with Crippen LogP contribution in [0.15, 0.2) is 12.3 Å². The van der Waals surface area contributed by atoms with Gasteiger partial charge in [-0.2, -0.15) is 0 Å². The highest BCUT2D eigenvalue weighted by atomic mass is 35.5.